The number of hydrogen-bond donors (Lipinski definition) is 1. The highest BCUT2D eigenvalue weighted by Crippen LogP contribution is 2.34. The third kappa shape index (κ3) is 4.13. The predicted molar refractivity (Wildman–Crippen MR) is 128 cm³/mol. The Morgan fingerprint density at radius 2 is 2.06 bits per heavy atom. The Hall–Kier alpha value is -2.84. The minimum Gasteiger partial charge on any atom is -0.497 e. The van der Waals surface area contributed by atoms with Gasteiger partial charge in [-0.3, -0.25) is 4.79 Å². The van der Waals surface area contributed by atoms with E-state index in [1.165, 1.54) is 0 Å². The highest BCUT2D eigenvalue weighted by molar-refractivity contribution is 6.33. The molecule has 3 aromatic rings. The molecular formula is C24H29ClN6O2. The SMILES string of the molecule is COc1ccc(Cl)c(C(=O)N2CCCCC2c2cc3nc(N4CCC(N)C4)c(C)cn3n2)c1. The molecule has 0 aliphatic carbocycles. The Morgan fingerprint density at radius 1 is 1.21 bits per heavy atom. The van der Waals surface area contributed by atoms with E-state index >= 15 is 0 Å². The third-order valence-electron chi connectivity index (χ3n) is 6.66. The zero-order valence-corrected chi connectivity index (χ0v) is 19.8. The summed E-state index contributed by atoms with van der Waals surface area (Å²) in [4.78, 5) is 22.6. The lowest BCUT2D eigenvalue weighted by Crippen LogP contribution is -2.38. The van der Waals surface area contributed by atoms with Crippen molar-refractivity contribution in [1.29, 1.82) is 0 Å². The van der Waals surface area contributed by atoms with Crippen molar-refractivity contribution < 1.29 is 9.53 Å². The van der Waals surface area contributed by atoms with Gasteiger partial charge in [-0.05, 0) is 50.8 Å². The number of fused-ring (bicyclic) bond motifs is 1. The van der Waals surface area contributed by atoms with Crippen molar-refractivity contribution >= 4 is 29.0 Å². The van der Waals surface area contributed by atoms with E-state index in [2.05, 4.69) is 4.90 Å². The standard InChI is InChI=1S/C24H29ClN6O2/c1-15-13-31-22(27-23(15)29-10-8-16(26)14-29)12-20(28-31)21-5-3-4-9-30(21)24(32)18-11-17(33-2)6-7-19(18)25/h6-7,11-13,16,21H,3-5,8-10,14,26H2,1-2H3. The number of halogens is 1. The fourth-order valence-corrected chi connectivity index (χ4v) is 5.11. The van der Waals surface area contributed by atoms with Crippen LogP contribution in [0.3, 0.4) is 0 Å². The van der Waals surface area contributed by atoms with Crippen LogP contribution in [0.25, 0.3) is 5.65 Å². The van der Waals surface area contributed by atoms with E-state index in [9.17, 15) is 4.79 Å². The second kappa shape index (κ2) is 8.83. The molecule has 1 aromatic carbocycles. The van der Waals surface area contributed by atoms with E-state index < -0.39 is 0 Å². The van der Waals surface area contributed by atoms with Crippen LogP contribution >= 0.6 is 11.6 Å². The van der Waals surface area contributed by atoms with E-state index in [4.69, 9.17) is 32.2 Å². The van der Waals surface area contributed by atoms with Crippen LogP contribution in [0.5, 0.6) is 5.75 Å². The molecule has 2 atom stereocenters. The molecule has 2 N–H and O–H groups in total. The average Bonchev–Trinajstić information content (AvgIpc) is 3.44. The van der Waals surface area contributed by atoms with Gasteiger partial charge in [0.05, 0.1) is 29.4 Å². The topological polar surface area (TPSA) is 89.0 Å². The molecule has 2 unspecified atom stereocenters. The number of anilines is 1. The molecule has 4 heterocycles. The van der Waals surface area contributed by atoms with E-state index in [-0.39, 0.29) is 18.0 Å². The number of amides is 1. The lowest BCUT2D eigenvalue weighted by molar-refractivity contribution is 0.0605. The fourth-order valence-electron chi connectivity index (χ4n) is 4.91. The van der Waals surface area contributed by atoms with Crippen molar-refractivity contribution in [2.45, 2.75) is 44.7 Å². The van der Waals surface area contributed by atoms with Gasteiger partial charge < -0.3 is 20.3 Å². The van der Waals surface area contributed by atoms with Crippen LogP contribution in [0.1, 0.15) is 53.3 Å². The zero-order valence-electron chi connectivity index (χ0n) is 19.0. The van der Waals surface area contributed by atoms with Gasteiger partial charge in [0.15, 0.2) is 5.65 Å². The summed E-state index contributed by atoms with van der Waals surface area (Å²) in [6.07, 6.45) is 5.83. The predicted octanol–water partition coefficient (Wildman–Crippen LogP) is 3.60. The van der Waals surface area contributed by atoms with Crippen LogP contribution < -0.4 is 15.4 Å². The highest BCUT2D eigenvalue weighted by atomic mass is 35.5. The first-order valence-corrected chi connectivity index (χ1v) is 11.8. The van der Waals surface area contributed by atoms with Gasteiger partial charge in [0.25, 0.3) is 5.91 Å². The minimum atomic E-state index is -0.126. The second-order valence-electron chi connectivity index (χ2n) is 8.97. The van der Waals surface area contributed by atoms with Gasteiger partial charge >= 0.3 is 0 Å². The van der Waals surface area contributed by atoms with E-state index in [0.717, 1.165) is 61.5 Å². The van der Waals surface area contributed by atoms with Gasteiger partial charge in [0, 0.05) is 43.5 Å². The van der Waals surface area contributed by atoms with Crippen LogP contribution in [0.4, 0.5) is 5.82 Å². The fraction of sp³-hybridized carbons (Fsp3) is 0.458. The molecule has 1 amide bonds. The summed E-state index contributed by atoms with van der Waals surface area (Å²) in [7, 11) is 1.58. The second-order valence-corrected chi connectivity index (χ2v) is 9.38. The van der Waals surface area contributed by atoms with Gasteiger partial charge in [-0.1, -0.05) is 11.6 Å². The lowest BCUT2D eigenvalue weighted by Gasteiger charge is -2.35. The molecule has 2 fully saturated rings. The number of rotatable bonds is 4. The molecule has 174 valence electrons. The summed E-state index contributed by atoms with van der Waals surface area (Å²) >= 11 is 6.39. The minimum absolute atomic E-state index is 0.100. The van der Waals surface area contributed by atoms with Crippen molar-refractivity contribution in [3.8, 4) is 5.75 Å². The number of carbonyl (C=O) groups is 1. The van der Waals surface area contributed by atoms with Gasteiger partial charge in [0.1, 0.15) is 11.6 Å². The number of carbonyl (C=O) groups excluding carboxylic acids is 1. The molecule has 0 spiro atoms. The Balaban J connectivity index is 1.48. The monoisotopic (exact) mass is 468 g/mol. The summed E-state index contributed by atoms with van der Waals surface area (Å²) in [5, 5.41) is 5.24. The van der Waals surface area contributed by atoms with Crippen LogP contribution in [0, 0.1) is 6.92 Å². The van der Waals surface area contributed by atoms with Crippen LogP contribution in [-0.2, 0) is 0 Å². The van der Waals surface area contributed by atoms with Gasteiger partial charge in [-0.25, -0.2) is 9.50 Å². The number of nitrogens with two attached hydrogens (primary N) is 1. The molecule has 0 bridgehead atoms. The van der Waals surface area contributed by atoms with E-state index in [0.29, 0.717) is 22.9 Å². The first kappa shape index (κ1) is 22.0. The van der Waals surface area contributed by atoms with Crippen LogP contribution in [0.15, 0.2) is 30.5 Å². The van der Waals surface area contributed by atoms with Gasteiger partial charge in [0.2, 0.25) is 0 Å². The summed E-state index contributed by atoms with van der Waals surface area (Å²) in [6.45, 7) is 4.44. The number of benzene rings is 1. The van der Waals surface area contributed by atoms with Crippen LogP contribution in [0.2, 0.25) is 5.02 Å². The number of likely N-dealkylation sites (tertiary alicyclic amines) is 1. The molecule has 2 saturated heterocycles. The zero-order chi connectivity index (χ0) is 23.1. The summed E-state index contributed by atoms with van der Waals surface area (Å²) in [5.74, 6) is 1.47. The van der Waals surface area contributed by atoms with Gasteiger partial charge in [-0.2, -0.15) is 5.10 Å². The van der Waals surface area contributed by atoms with Crippen molar-refractivity contribution in [3.05, 3.63) is 52.3 Å². The van der Waals surface area contributed by atoms with Crippen molar-refractivity contribution in [3.63, 3.8) is 0 Å². The highest BCUT2D eigenvalue weighted by Gasteiger charge is 2.32. The first-order valence-electron chi connectivity index (χ1n) is 11.5. The molecule has 2 aromatic heterocycles. The molecular weight excluding hydrogens is 440 g/mol. The molecule has 8 nitrogen and oxygen atoms in total. The maximum Gasteiger partial charge on any atom is 0.256 e. The summed E-state index contributed by atoms with van der Waals surface area (Å²) in [5.41, 5.74) is 9.25. The molecule has 9 heteroatoms. The maximum absolute atomic E-state index is 13.5. The molecule has 5 rings (SSSR count). The first-order chi connectivity index (χ1) is 15.9. The van der Waals surface area contributed by atoms with Crippen molar-refractivity contribution in [1.82, 2.24) is 19.5 Å². The number of methoxy groups -OCH3 is 1. The Bertz CT molecular complexity index is 1200. The normalized spacial score (nSPS) is 21.1. The molecule has 2 aliphatic rings. The number of ether oxygens (including phenoxy) is 1. The third-order valence-corrected chi connectivity index (χ3v) is 6.99. The molecule has 33 heavy (non-hydrogen) atoms. The van der Waals surface area contributed by atoms with Gasteiger partial charge in [-0.15, -0.1) is 0 Å². The number of piperidine rings is 1. The van der Waals surface area contributed by atoms with E-state index in [1.54, 1.807) is 25.3 Å². The maximum atomic E-state index is 13.5. The Kier molecular flexibility index (Phi) is 5.88. The number of hydrogen-bond acceptors (Lipinski definition) is 6. The average molecular weight is 469 g/mol. The Labute approximate surface area is 198 Å². The number of nitrogens with zero attached hydrogens (tertiary/aromatic N) is 5. The van der Waals surface area contributed by atoms with Crippen LogP contribution in [-0.4, -0.2) is 58.2 Å². The summed E-state index contributed by atoms with van der Waals surface area (Å²) < 4.78 is 7.12. The quantitative estimate of drug-likeness (QED) is 0.629. The lowest BCUT2D eigenvalue weighted by atomic mass is 9.98. The number of aryl methyl sites for hydroxylation is 1. The number of aromatic nitrogens is 3. The summed E-state index contributed by atoms with van der Waals surface area (Å²) in [6, 6.07) is 7.23. The van der Waals surface area contributed by atoms with E-state index in [1.807, 2.05) is 28.6 Å². The Morgan fingerprint density at radius 3 is 2.82 bits per heavy atom. The molecule has 0 saturated carbocycles. The van der Waals surface area contributed by atoms with Crippen molar-refractivity contribution in [2.24, 2.45) is 5.73 Å². The molecule has 2 aliphatic heterocycles. The molecule has 0 radical (unpaired) electrons. The van der Waals surface area contributed by atoms with Crippen molar-refractivity contribution in [2.75, 3.05) is 31.6 Å². The largest absolute Gasteiger partial charge is 0.497 e. The smallest absolute Gasteiger partial charge is 0.256 e.